The summed E-state index contributed by atoms with van der Waals surface area (Å²) in [5, 5.41) is 7.51. The van der Waals surface area contributed by atoms with Gasteiger partial charge < -0.3 is 5.32 Å². The summed E-state index contributed by atoms with van der Waals surface area (Å²) in [5.41, 5.74) is -0.0176. The molecule has 0 saturated carbocycles. The monoisotopic (exact) mass is 296 g/mol. The SMILES string of the molecule is CCc1nc2n(n1)C(c1cccc(C(F)(F)F)c1)CCN2. The molecule has 1 aromatic carbocycles. The molecule has 0 bridgehead atoms. The molecule has 2 heterocycles. The van der Waals surface area contributed by atoms with Gasteiger partial charge >= 0.3 is 6.18 Å². The Labute approximate surface area is 120 Å². The van der Waals surface area contributed by atoms with E-state index >= 15 is 0 Å². The Morgan fingerprint density at radius 3 is 2.90 bits per heavy atom. The van der Waals surface area contributed by atoms with E-state index in [0.717, 1.165) is 6.07 Å². The van der Waals surface area contributed by atoms with Crippen LogP contribution in [-0.4, -0.2) is 21.3 Å². The van der Waals surface area contributed by atoms with Crippen LogP contribution >= 0.6 is 0 Å². The Hall–Kier alpha value is -2.05. The molecular weight excluding hydrogens is 281 g/mol. The Morgan fingerprint density at radius 1 is 1.38 bits per heavy atom. The Balaban J connectivity index is 2.01. The number of hydrogen-bond acceptors (Lipinski definition) is 3. The Kier molecular flexibility index (Phi) is 3.35. The van der Waals surface area contributed by atoms with E-state index in [4.69, 9.17) is 0 Å². The van der Waals surface area contributed by atoms with Crippen LogP contribution < -0.4 is 5.32 Å². The number of nitrogens with one attached hydrogen (secondary N) is 1. The van der Waals surface area contributed by atoms with E-state index in [9.17, 15) is 13.2 Å². The van der Waals surface area contributed by atoms with Crippen LogP contribution in [0.3, 0.4) is 0 Å². The van der Waals surface area contributed by atoms with Gasteiger partial charge in [0.25, 0.3) is 0 Å². The number of fused-ring (bicyclic) bond motifs is 1. The van der Waals surface area contributed by atoms with Crippen molar-refractivity contribution in [1.29, 1.82) is 0 Å². The van der Waals surface area contributed by atoms with Crippen LogP contribution in [0.5, 0.6) is 0 Å². The molecule has 112 valence electrons. The third kappa shape index (κ3) is 2.59. The highest BCUT2D eigenvalue weighted by atomic mass is 19.4. The summed E-state index contributed by atoms with van der Waals surface area (Å²) >= 11 is 0. The van der Waals surface area contributed by atoms with E-state index in [1.54, 1.807) is 10.7 Å². The van der Waals surface area contributed by atoms with Gasteiger partial charge in [0.2, 0.25) is 5.95 Å². The molecule has 0 radical (unpaired) electrons. The van der Waals surface area contributed by atoms with Gasteiger partial charge in [-0.3, -0.25) is 0 Å². The topological polar surface area (TPSA) is 42.7 Å². The van der Waals surface area contributed by atoms with Crippen molar-refractivity contribution in [2.75, 3.05) is 11.9 Å². The first-order chi connectivity index (χ1) is 9.99. The van der Waals surface area contributed by atoms with Gasteiger partial charge in [0.1, 0.15) is 0 Å². The molecule has 0 saturated heterocycles. The molecule has 0 fully saturated rings. The van der Waals surface area contributed by atoms with Crippen molar-refractivity contribution in [1.82, 2.24) is 14.8 Å². The minimum atomic E-state index is -4.33. The third-order valence-corrected chi connectivity index (χ3v) is 3.59. The first kappa shape index (κ1) is 13.9. The number of alkyl halides is 3. The fourth-order valence-corrected chi connectivity index (χ4v) is 2.53. The number of aryl methyl sites for hydroxylation is 1. The van der Waals surface area contributed by atoms with E-state index < -0.39 is 11.7 Å². The molecule has 2 aromatic rings. The van der Waals surface area contributed by atoms with Gasteiger partial charge in [-0.05, 0) is 24.1 Å². The quantitative estimate of drug-likeness (QED) is 0.925. The molecule has 4 nitrogen and oxygen atoms in total. The summed E-state index contributed by atoms with van der Waals surface area (Å²) in [6.45, 7) is 2.61. The second kappa shape index (κ2) is 5.05. The van der Waals surface area contributed by atoms with Crippen LogP contribution in [0.25, 0.3) is 0 Å². The summed E-state index contributed by atoms with van der Waals surface area (Å²) < 4.78 is 40.2. The fourth-order valence-electron chi connectivity index (χ4n) is 2.53. The first-order valence-electron chi connectivity index (χ1n) is 6.85. The van der Waals surface area contributed by atoms with Gasteiger partial charge in [-0.1, -0.05) is 19.1 Å². The Bertz CT molecular complexity index is 648. The molecule has 7 heteroatoms. The number of aromatic nitrogens is 3. The van der Waals surface area contributed by atoms with Gasteiger partial charge in [0.15, 0.2) is 5.82 Å². The molecule has 1 unspecified atom stereocenters. The molecule has 3 rings (SSSR count). The summed E-state index contributed by atoms with van der Waals surface area (Å²) in [6.07, 6.45) is -2.96. The summed E-state index contributed by atoms with van der Waals surface area (Å²) in [4.78, 5) is 4.33. The second-order valence-corrected chi connectivity index (χ2v) is 5.00. The van der Waals surface area contributed by atoms with Crippen molar-refractivity contribution in [2.45, 2.75) is 32.0 Å². The molecule has 21 heavy (non-hydrogen) atoms. The first-order valence-corrected chi connectivity index (χ1v) is 6.85. The maximum atomic E-state index is 12.8. The number of anilines is 1. The molecule has 1 aromatic heterocycles. The molecule has 0 amide bonds. The van der Waals surface area contributed by atoms with Crippen LogP contribution in [0.15, 0.2) is 24.3 Å². The standard InChI is InChI=1S/C14H15F3N4/c1-2-12-19-13-18-7-6-11(21(13)20-12)9-4-3-5-10(8-9)14(15,16)17/h3-5,8,11H,2,6-7H2,1H3,(H,18,19,20). The number of rotatable bonds is 2. The minimum Gasteiger partial charge on any atom is -0.354 e. The van der Waals surface area contributed by atoms with Crippen molar-refractivity contribution in [3.05, 3.63) is 41.2 Å². The molecule has 1 aliphatic heterocycles. The maximum absolute atomic E-state index is 12.8. The van der Waals surface area contributed by atoms with Gasteiger partial charge in [-0.15, -0.1) is 0 Å². The van der Waals surface area contributed by atoms with Crippen LogP contribution in [0.4, 0.5) is 19.1 Å². The van der Waals surface area contributed by atoms with Gasteiger partial charge in [0, 0.05) is 13.0 Å². The zero-order chi connectivity index (χ0) is 15.0. The number of halogens is 3. The van der Waals surface area contributed by atoms with Crippen molar-refractivity contribution >= 4 is 5.95 Å². The van der Waals surface area contributed by atoms with E-state index in [0.29, 0.717) is 36.7 Å². The predicted octanol–water partition coefficient (Wildman–Crippen LogP) is 3.26. The van der Waals surface area contributed by atoms with Gasteiger partial charge in [0.05, 0.1) is 11.6 Å². The number of benzene rings is 1. The lowest BCUT2D eigenvalue weighted by Gasteiger charge is -2.25. The van der Waals surface area contributed by atoms with E-state index in [-0.39, 0.29) is 6.04 Å². The van der Waals surface area contributed by atoms with Crippen molar-refractivity contribution in [3.8, 4) is 0 Å². The van der Waals surface area contributed by atoms with Crippen molar-refractivity contribution < 1.29 is 13.2 Å². The van der Waals surface area contributed by atoms with Crippen LogP contribution in [-0.2, 0) is 12.6 Å². The predicted molar refractivity (Wildman–Crippen MR) is 72.1 cm³/mol. The van der Waals surface area contributed by atoms with E-state index in [1.807, 2.05) is 6.92 Å². The summed E-state index contributed by atoms with van der Waals surface area (Å²) in [5.74, 6) is 1.32. The second-order valence-electron chi connectivity index (χ2n) is 5.00. The van der Waals surface area contributed by atoms with Crippen LogP contribution in [0.1, 0.15) is 36.3 Å². The lowest BCUT2D eigenvalue weighted by Crippen LogP contribution is -2.25. The summed E-state index contributed by atoms with van der Waals surface area (Å²) in [7, 11) is 0. The Morgan fingerprint density at radius 2 is 2.19 bits per heavy atom. The highest BCUT2D eigenvalue weighted by molar-refractivity contribution is 5.35. The van der Waals surface area contributed by atoms with Crippen molar-refractivity contribution in [3.63, 3.8) is 0 Å². The highest BCUT2D eigenvalue weighted by Crippen LogP contribution is 2.34. The normalized spacial score (nSPS) is 18.2. The molecule has 0 aliphatic carbocycles. The maximum Gasteiger partial charge on any atom is 0.416 e. The summed E-state index contributed by atoms with van der Waals surface area (Å²) in [6, 6.07) is 5.23. The number of nitrogens with zero attached hydrogens (tertiary/aromatic N) is 3. The molecule has 1 atom stereocenters. The minimum absolute atomic E-state index is 0.212. The fraction of sp³-hybridized carbons (Fsp3) is 0.429. The zero-order valence-corrected chi connectivity index (χ0v) is 11.5. The smallest absolute Gasteiger partial charge is 0.354 e. The molecule has 1 aliphatic rings. The van der Waals surface area contributed by atoms with Gasteiger partial charge in [-0.2, -0.15) is 23.3 Å². The van der Waals surface area contributed by atoms with E-state index in [1.165, 1.54) is 12.1 Å². The van der Waals surface area contributed by atoms with E-state index in [2.05, 4.69) is 15.4 Å². The highest BCUT2D eigenvalue weighted by Gasteiger charge is 2.32. The third-order valence-electron chi connectivity index (χ3n) is 3.59. The average Bonchev–Trinajstić information content (AvgIpc) is 2.89. The lowest BCUT2D eigenvalue weighted by atomic mass is 10.0. The average molecular weight is 296 g/mol. The number of hydrogen-bond donors (Lipinski definition) is 1. The molecule has 0 spiro atoms. The van der Waals surface area contributed by atoms with Gasteiger partial charge in [-0.25, -0.2) is 4.68 Å². The molecule has 1 N–H and O–H groups in total. The zero-order valence-electron chi connectivity index (χ0n) is 11.5. The largest absolute Gasteiger partial charge is 0.416 e. The van der Waals surface area contributed by atoms with Crippen LogP contribution in [0, 0.1) is 0 Å². The van der Waals surface area contributed by atoms with Crippen molar-refractivity contribution in [2.24, 2.45) is 0 Å². The lowest BCUT2D eigenvalue weighted by molar-refractivity contribution is -0.137. The molecular formula is C14H15F3N4. The van der Waals surface area contributed by atoms with Crippen LogP contribution in [0.2, 0.25) is 0 Å².